The molecule has 0 aliphatic carbocycles. The minimum Gasteiger partial charge on any atom is -0.351 e. The van der Waals surface area contributed by atoms with Gasteiger partial charge in [0, 0.05) is 6.54 Å². The maximum atomic E-state index is 11.8. The van der Waals surface area contributed by atoms with Gasteiger partial charge in [0.2, 0.25) is 15.9 Å². The summed E-state index contributed by atoms with van der Waals surface area (Å²) in [7, 11) is -3.51. The first-order valence-electron chi connectivity index (χ1n) is 6.32. The third kappa shape index (κ3) is 4.70. The van der Waals surface area contributed by atoms with E-state index in [0.717, 1.165) is 22.5 Å². The zero-order chi connectivity index (χ0) is 15.2. The molecule has 0 radical (unpaired) electrons. The molecule has 1 rings (SSSR count). The smallest absolute Gasteiger partial charge is 0.241 e. The van der Waals surface area contributed by atoms with Gasteiger partial charge in [0.15, 0.2) is 0 Å². The van der Waals surface area contributed by atoms with Crippen LogP contribution in [0.1, 0.15) is 12.5 Å². The number of hydrogen-bond donors (Lipinski definition) is 1. The summed E-state index contributed by atoms with van der Waals surface area (Å²) in [4.78, 5) is 11.7. The molecule has 110 valence electrons. The van der Waals surface area contributed by atoms with Crippen LogP contribution >= 0.6 is 0 Å². The molecule has 0 saturated heterocycles. The topological polar surface area (TPSA) is 66.5 Å². The lowest BCUT2D eigenvalue weighted by molar-refractivity contribution is -0.119. The van der Waals surface area contributed by atoms with Crippen molar-refractivity contribution in [1.82, 2.24) is 5.32 Å². The summed E-state index contributed by atoms with van der Waals surface area (Å²) in [5, 5.41) is 2.56. The van der Waals surface area contributed by atoms with E-state index < -0.39 is 10.0 Å². The number of carbonyl (C=O) groups is 1. The molecular formula is C14H20N2O3S. The Morgan fingerprint density at radius 1 is 1.35 bits per heavy atom. The van der Waals surface area contributed by atoms with E-state index in [-0.39, 0.29) is 12.5 Å². The number of nitrogens with zero attached hydrogens (tertiary/aromatic N) is 1. The lowest BCUT2D eigenvalue weighted by Gasteiger charge is -2.22. The summed E-state index contributed by atoms with van der Waals surface area (Å²) in [5.74, 6) is -0.366. The Morgan fingerprint density at radius 2 is 1.95 bits per heavy atom. The molecular weight excluding hydrogens is 276 g/mol. The van der Waals surface area contributed by atoms with Gasteiger partial charge in [-0.05, 0) is 24.1 Å². The zero-order valence-corrected chi connectivity index (χ0v) is 12.6. The van der Waals surface area contributed by atoms with Crippen molar-refractivity contribution < 1.29 is 13.2 Å². The van der Waals surface area contributed by atoms with Gasteiger partial charge in [0.05, 0.1) is 11.9 Å². The first kappa shape index (κ1) is 16.2. The number of anilines is 1. The van der Waals surface area contributed by atoms with Crippen LogP contribution in [-0.2, 0) is 21.2 Å². The number of benzene rings is 1. The van der Waals surface area contributed by atoms with E-state index in [4.69, 9.17) is 0 Å². The number of nitrogens with one attached hydrogen (secondary N) is 1. The molecule has 0 bridgehead atoms. The number of hydrogen-bond acceptors (Lipinski definition) is 3. The molecule has 1 amide bonds. The first-order valence-corrected chi connectivity index (χ1v) is 8.17. The average Bonchev–Trinajstić information content (AvgIpc) is 2.41. The molecule has 6 heteroatoms. The number of amides is 1. The fourth-order valence-electron chi connectivity index (χ4n) is 1.67. The predicted molar refractivity (Wildman–Crippen MR) is 81.2 cm³/mol. The Hall–Kier alpha value is -1.82. The fraction of sp³-hybridized carbons (Fsp3) is 0.357. The molecule has 5 nitrogen and oxygen atoms in total. The largest absolute Gasteiger partial charge is 0.351 e. The molecule has 0 heterocycles. The molecule has 1 aromatic carbocycles. The minimum absolute atomic E-state index is 0.238. The maximum absolute atomic E-state index is 11.8. The molecule has 1 N–H and O–H groups in total. The van der Waals surface area contributed by atoms with Crippen molar-refractivity contribution in [2.75, 3.05) is 23.7 Å². The van der Waals surface area contributed by atoms with Crippen LogP contribution in [0.25, 0.3) is 0 Å². The summed E-state index contributed by atoms with van der Waals surface area (Å²) >= 11 is 0. The van der Waals surface area contributed by atoms with Gasteiger partial charge in [-0.15, -0.1) is 6.58 Å². The number of carbonyl (C=O) groups excluding carboxylic acids is 1. The molecule has 0 spiro atoms. The Bertz CT molecular complexity index is 565. The molecule has 20 heavy (non-hydrogen) atoms. The third-order valence-electron chi connectivity index (χ3n) is 2.76. The Morgan fingerprint density at radius 3 is 2.40 bits per heavy atom. The second-order valence-corrected chi connectivity index (χ2v) is 6.29. The van der Waals surface area contributed by atoms with Crippen LogP contribution in [0.15, 0.2) is 36.9 Å². The molecule has 1 aromatic rings. The van der Waals surface area contributed by atoms with E-state index in [0.29, 0.717) is 12.2 Å². The number of aryl methyl sites for hydroxylation is 1. The summed E-state index contributed by atoms with van der Waals surface area (Å²) in [5.41, 5.74) is 1.59. The van der Waals surface area contributed by atoms with E-state index in [1.165, 1.54) is 0 Å². The summed E-state index contributed by atoms with van der Waals surface area (Å²) in [6, 6.07) is 7.13. The molecule has 0 atom stereocenters. The highest BCUT2D eigenvalue weighted by molar-refractivity contribution is 7.92. The predicted octanol–water partition coefficient (Wildman–Crippen LogP) is 1.32. The van der Waals surface area contributed by atoms with Crippen molar-refractivity contribution in [3.63, 3.8) is 0 Å². The van der Waals surface area contributed by atoms with Crippen LogP contribution in [0.5, 0.6) is 0 Å². The quantitative estimate of drug-likeness (QED) is 0.772. The average molecular weight is 296 g/mol. The summed E-state index contributed by atoms with van der Waals surface area (Å²) in [6.45, 7) is 5.58. The molecule has 0 unspecified atom stereocenters. The van der Waals surface area contributed by atoms with Crippen molar-refractivity contribution in [3.05, 3.63) is 42.5 Å². The van der Waals surface area contributed by atoms with Crippen LogP contribution in [0, 0.1) is 0 Å². The van der Waals surface area contributed by atoms with E-state index >= 15 is 0 Å². The summed E-state index contributed by atoms with van der Waals surface area (Å²) < 4.78 is 24.7. The Balaban J connectivity index is 2.94. The van der Waals surface area contributed by atoms with Crippen LogP contribution in [0.4, 0.5) is 5.69 Å². The minimum atomic E-state index is -3.51. The standard InChI is InChI=1S/C14H20N2O3S/c1-4-10-15-14(17)11-16(20(3,18)19)13-8-6-12(5-2)7-9-13/h4,6-9H,1,5,10-11H2,2-3H3,(H,15,17). The van der Waals surface area contributed by atoms with Gasteiger partial charge >= 0.3 is 0 Å². The van der Waals surface area contributed by atoms with Crippen LogP contribution in [0.2, 0.25) is 0 Å². The van der Waals surface area contributed by atoms with Gasteiger partial charge in [-0.2, -0.15) is 0 Å². The number of rotatable bonds is 7. The highest BCUT2D eigenvalue weighted by Crippen LogP contribution is 2.18. The monoisotopic (exact) mass is 296 g/mol. The third-order valence-corrected chi connectivity index (χ3v) is 3.90. The molecule has 0 saturated carbocycles. The van der Waals surface area contributed by atoms with Crippen LogP contribution in [-0.4, -0.2) is 33.7 Å². The van der Waals surface area contributed by atoms with E-state index in [1.54, 1.807) is 18.2 Å². The van der Waals surface area contributed by atoms with Crippen molar-refractivity contribution in [3.8, 4) is 0 Å². The zero-order valence-electron chi connectivity index (χ0n) is 11.8. The summed E-state index contributed by atoms with van der Waals surface area (Å²) in [6.07, 6.45) is 3.50. The van der Waals surface area contributed by atoms with Crippen molar-refractivity contribution in [1.29, 1.82) is 0 Å². The van der Waals surface area contributed by atoms with Crippen molar-refractivity contribution in [2.45, 2.75) is 13.3 Å². The molecule has 0 aliphatic heterocycles. The lowest BCUT2D eigenvalue weighted by Crippen LogP contribution is -2.40. The first-order chi connectivity index (χ1) is 9.38. The fourth-order valence-corrected chi connectivity index (χ4v) is 2.53. The van der Waals surface area contributed by atoms with Gasteiger partial charge in [0.1, 0.15) is 6.54 Å². The van der Waals surface area contributed by atoms with Crippen LogP contribution in [0.3, 0.4) is 0 Å². The number of sulfonamides is 1. The molecule has 0 aliphatic rings. The van der Waals surface area contributed by atoms with Crippen molar-refractivity contribution in [2.24, 2.45) is 0 Å². The second kappa shape index (κ2) is 7.09. The van der Waals surface area contributed by atoms with Gasteiger partial charge in [-0.25, -0.2) is 8.42 Å². The van der Waals surface area contributed by atoms with E-state index in [9.17, 15) is 13.2 Å². The normalized spacial score (nSPS) is 10.9. The highest BCUT2D eigenvalue weighted by atomic mass is 32.2. The molecule has 0 aromatic heterocycles. The van der Waals surface area contributed by atoms with E-state index in [1.807, 2.05) is 19.1 Å². The van der Waals surface area contributed by atoms with Gasteiger partial charge in [-0.1, -0.05) is 25.1 Å². The second-order valence-electron chi connectivity index (χ2n) is 4.38. The van der Waals surface area contributed by atoms with Gasteiger partial charge in [-0.3, -0.25) is 9.10 Å². The van der Waals surface area contributed by atoms with E-state index in [2.05, 4.69) is 11.9 Å². The van der Waals surface area contributed by atoms with Crippen LogP contribution < -0.4 is 9.62 Å². The highest BCUT2D eigenvalue weighted by Gasteiger charge is 2.20. The van der Waals surface area contributed by atoms with Gasteiger partial charge < -0.3 is 5.32 Å². The SMILES string of the molecule is C=CCNC(=O)CN(c1ccc(CC)cc1)S(C)(=O)=O. The Kier molecular flexibility index (Phi) is 5.76. The Labute approximate surface area is 120 Å². The van der Waals surface area contributed by atoms with Gasteiger partial charge in [0.25, 0.3) is 0 Å². The maximum Gasteiger partial charge on any atom is 0.241 e. The lowest BCUT2D eigenvalue weighted by atomic mass is 10.1. The van der Waals surface area contributed by atoms with Crippen molar-refractivity contribution >= 4 is 21.6 Å². The molecule has 0 fully saturated rings.